The van der Waals surface area contributed by atoms with Crippen molar-refractivity contribution in [3.8, 4) is 0 Å². The molecule has 2 rings (SSSR count). The second-order valence-corrected chi connectivity index (χ2v) is 5.73. The molecule has 0 fully saturated rings. The van der Waals surface area contributed by atoms with Gasteiger partial charge in [0.15, 0.2) is 0 Å². The molecule has 1 aliphatic carbocycles. The van der Waals surface area contributed by atoms with Gasteiger partial charge in [-0.25, -0.2) is 0 Å². The van der Waals surface area contributed by atoms with Crippen LogP contribution < -0.4 is 11.3 Å². The van der Waals surface area contributed by atoms with Crippen molar-refractivity contribution in [1.82, 2.24) is 15.2 Å². The second-order valence-electron chi connectivity index (χ2n) is 5.35. The van der Waals surface area contributed by atoms with E-state index in [0.717, 1.165) is 29.3 Å². The number of aromatic nitrogens is 2. The standard InChI is InChI=1S/C14H23ClN4/c1-10-14(15)13(19(2)18-10)9-12(17-16)8-11-6-4-3-5-7-11/h6,12,17H,3-5,7-9,16H2,1-2H3. The van der Waals surface area contributed by atoms with Gasteiger partial charge in [0.1, 0.15) is 0 Å². The highest BCUT2D eigenvalue weighted by atomic mass is 35.5. The fraction of sp³-hybridized carbons (Fsp3) is 0.643. The van der Waals surface area contributed by atoms with E-state index in [0.29, 0.717) is 0 Å². The summed E-state index contributed by atoms with van der Waals surface area (Å²) in [7, 11) is 1.93. The van der Waals surface area contributed by atoms with Crippen LogP contribution in [-0.4, -0.2) is 15.8 Å². The zero-order valence-corrected chi connectivity index (χ0v) is 12.5. The third-order valence-corrected chi connectivity index (χ3v) is 4.32. The lowest BCUT2D eigenvalue weighted by atomic mass is 9.93. The molecule has 0 amide bonds. The molecular weight excluding hydrogens is 260 g/mol. The van der Waals surface area contributed by atoms with Crippen LogP contribution >= 0.6 is 11.6 Å². The summed E-state index contributed by atoms with van der Waals surface area (Å²) in [6.45, 7) is 1.93. The second kappa shape index (κ2) is 6.55. The summed E-state index contributed by atoms with van der Waals surface area (Å²) in [4.78, 5) is 0. The topological polar surface area (TPSA) is 55.9 Å². The lowest BCUT2D eigenvalue weighted by molar-refractivity contribution is 0.490. The molecule has 19 heavy (non-hydrogen) atoms. The smallest absolute Gasteiger partial charge is 0.0847 e. The van der Waals surface area contributed by atoms with Gasteiger partial charge in [-0.3, -0.25) is 16.0 Å². The van der Waals surface area contributed by atoms with Gasteiger partial charge in [-0.1, -0.05) is 23.3 Å². The number of hydrazine groups is 1. The molecule has 0 bridgehead atoms. The van der Waals surface area contributed by atoms with Crippen LogP contribution in [0.5, 0.6) is 0 Å². The van der Waals surface area contributed by atoms with Gasteiger partial charge in [0.25, 0.3) is 0 Å². The summed E-state index contributed by atoms with van der Waals surface area (Å²) >= 11 is 6.29. The number of rotatable bonds is 5. The molecule has 0 aliphatic heterocycles. The van der Waals surface area contributed by atoms with Gasteiger partial charge in [0, 0.05) is 19.5 Å². The maximum atomic E-state index is 6.29. The highest BCUT2D eigenvalue weighted by Crippen LogP contribution is 2.25. The maximum absolute atomic E-state index is 6.29. The molecule has 1 heterocycles. The fourth-order valence-electron chi connectivity index (χ4n) is 2.73. The number of nitrogens with two attached hydrogens (primary N) is 1. The van der Waals surface area contributed by atoms with Gasteiger partial charge in [-0.2, -0.15) is 5.10 Å². The van der Waals surface area contributed by atoms with Crippen molar-refractivity contribution >= 4 is 11.6 Å². The highest BCUT2D eigenvalue weighted by molar-refractivity contribution is 6.31. The first-order valence-electron chi connectivity index (χ1n) is 6.93. The van der Waals surface area contributed by atoms with E-state index in [2.05, 4.69) is 16.6 Å². The van der Waals surface area contributed by atoms with E-state index >= 15 is 0 Å². The Bertz CT molecular complexity index is 464. The average Bonchev–Trinajstić information content (AvgIpc) is 2.65. The zero-order valence-electron chi connectivity index (χ0n) is 11.7. The summed E-state index contributed by atoms with van der Waals surface area (Å²) in [5.41, 5.74) is 6.37. The molecular formula is C14H23ClN4. The first kappa shape index (κ1) is 14.6. The van der Waals surface area contributed by atoms with Crippen molar-refractivity contribution < 1.29 is 0 Å². The normalized spacial score (nSPS) is 17.4. The molecule has 1 unspecified atom stereocenters. The number of hydrogen-bond acceptors (Lipinski definition) is 3. The zero-order chi connectivity index (χ0) is 13.8. The molecule has 1 atom stereocenters. The number of nitrogens with zero attached hydrogens (tertiary/aromatic N) is 2. The molecule has 0 radical (unpaired) electrons. The Morgan fingerprint density at radius 3 is 2.79 bits per heavy atom. The van der Waals surface area contributed by atoms with E-state index in [9.17, 15) is 0 Å². The van der Waals surface area contributed by atoms with Crippen molar-refractivity contribution in [2.45, 2.75) is 51.5 Å². The molecule has 1 aromatic heterocycles. The number of hydrogen-bond donors (Lipinski definition) is 2. The lowest BCUT2D eigenvalue weighted by Crippen LogP contribution is -2.37. The van der Waals surface area contributed by atoms with Crippen LogP contribution in [0, 0.1) is 6.92 Å². The van der Waals surface area contributed by atoms with Crippen LogP contribution in [0.4, 0.5) is 0 Å². The van der Waals surface area contributed by atoms with Gasteiger partial charge >= 0.3 is 0 Å². The lowest BCUT2D eigenvalue weighted by Gasteiger charge is -2.20. The third-order valence-electron chi connectivity index (χ3n) is 3.83. The fourth-order valence-corrected chi connectivity index (χ4v) is 2.97. The minimum absolute atomic E-state index is 0.219. The van der Waals surface area contributed by atoms with E-state index in [4.69, 9.17) is 17.4 Å². The Labute approximate surface area is 120 Å². The number of nitrogens with one attached hydrogen (secondary N) is 1. The average molecular weight is 283 g/mol. The van der Waals surface area contributed by atoms with Gasteiger partial charge in [0.05, 0.1) is 16.4 Å². The molecule has 0 saturated heterocycles. The number of aryl methyl sites for hydroxylation is 2. The predicted molar refractivity (Wildman–Crippen MR) is 78.9 cm³/mol. The Balaban J connectivity index is 2.04. The van der Waals surface area contributed by atoms with Gasteiger partial charge in [-0.15, -0.1) is 0 Å². The monoisotopic (exact) mass is 282 g/mol. The summed E-state index contributed by atoms with van der Waals surface area (Å²) < 4.78 is 1.86. The van der Waals surface area contributed by atoms with Crippen LogP contribution in [0.1, 0.15) is 43.5 Å². The van der Waals surface area contributed by atoms with Crippen LogP contribution in [-0.2, 0) is 13.5 Å². The molecule has 1 aliphatic rings. The first-order valence-corrected chi connectivity index (χ1v) is 7.31. The van der Waals surface area contributed by atoms with E-state index in [1.165, 1.54) is 31.3 Å². The van der Waals surface area contributed by atoms with Crippen molar-refractivity contribution in [1.29, 1.82) is 0 Å². The molecule has 5 heteroatoms. The van der Waals surface area contributed by atoms with Crippen LogP contribution in [0.25, 0.3) is 0 Å². The molecule has 3 N–H and O–H groups in total. The van der Waals surface area contributed by atoms with Gasteiger partial charge < -0.3 is 0 Å². The minimum atomic E-state index is 0.219. The van der Waals surface area contributed by atoms with Crippen LogP contribution in [0.15, 0.2) is 11.6 Å². The Morgan fingerprint density at radius 2 is 2.26 bits per heavy atom. The largest absolute Gasteiger partial charge is 0.271 e. The summed E-state index contributed by atoms with van der Waals surface area (Å²) in [6.07, 6.45) is 9.20. The minimum Gasteiger partial charge on any atom is -0.271 e. The van der Waals surface area contributed by atoms with Crippen molar-refractivity contribution in [3.05, 3.63) is 28.1 Å². The van der Waals surface area contributed by atoms with E-state index in [-0.39, 0.29) is 6.04 Å². The maximum Gasteiger partial charge on any atom is 0.0847 e. The summed E-state index contributed by atoms with van der Waals surface area (Å²) in [5.74, 6) is 5.69. The molecule has 4 nitrogen and oxygen atoms in total. The number of halogens is 1. The van der Waals surface area contributed by atoms with Crippen LogP contribution in [0.2, 0.25) is 5.02 Å². The van der Waals surface area contributed by atoms with Gasteiger partial charge in [-0.05, 0) is 39.0 Å². The summed E-state index contributed by atoms with van der Waals surface area (Å²) in [5, 5.41) is 5.11. The van der Waals surface area contributed by atoms with Crippen molar-refractivity contribution in [2.75, 3.05) is 0 Å². The van der Waals surface area contributed by atoms with Crippen LogP contribution in [0.3, 0.4) is 0 Å². The van der Waals surface area contributed by atoms with E-state index in [1.807, 2.05) is 18.7 Å². The quantitative estimate of drug-likeness (QED) is 0.496. The Morgan fingerprint density at radius 1 is 1.47 bits per heavy atom. The first-order chi connectivity index (χ1) is 9.11. The Hall–Kier alpha value is -0.840. The van der Waals surface area contributed by atoms with Gasteiger partial charge in [0.2, 0.25) is 0 Å². The SMILES string of the molecule is Cc1nn(C)c(CC(CC2=CCCCC2)NN)c1Cl. The highest BCUT2D eigenvalue weighted by Gasteiger charge is 2.18. The Kier molecular flexibility index (Phi) is 5.02. The van der Waals surface area contributed by atoms with Crippen molar-refractivity contribution in [2.24, 2.45) is 12.9 Å². The molecule has 1 aromatic rings. The summed E-state index contributed by atoms with van der Waals surface area (Å²) in [6, 6.07) is 0.219. The van der Waals surface area contributed by atoms with E-state index < -0.39 is 0 Å². The molecule has 106 valence electrons. The van der Waals surface area contributed by atoms with Crippen molar-refractivity contribution in [3.63, 3.8) is 0 Å². The van der Waals surface area contributed by atoms with E-state index in [1.54, 1.807) is 0 Å². The number of allylic oxidation sites excluding steroid dienone is 1. The molecule has 0 spiro atoms. The molecule has 0 aromatic carbocycles. The third kappa shape index (κ3) is 3.59. The molecule has 0 saturated carbocycles. The predicted octanol–water partition coefficient (Wildman–Crippen LogP) is 2.65.